The number of benzene rings is 2. The average Bonchev–Trinajstić information content (AvgIpc) is 3.31. The number of thioether (sulfide) groups is 1. The summed E-state index contributed by atoms with van der Waals surface area (Å²) in [5, 5.41) is 2.62. The van der Waals surface area contributed by atoms with Gasteiger partial charge < -0.3 is 15.0 Å². The van der Waals surface area contributed by atoms with E-state index in [2.05, 4.69) is 5.32 Å². The van der Waals surface area contributed by atoms with Crippen LogP contribution in [0.25, 0.3) is 0 Å². The Morgan fingerprint density at radius 1 is 1.00 bits per heavy atom. The van der Waals surface area contributed by atoms with Gasteiger partial charge in [-0.15, -0.1) is 11.8 Å². The lowest BCUT2D eigenvalue weighted by atomic mass is 10.1. The van der Waals surface area contributed by atoms with Crippen molar-refractivity contribution >= 4 is 41.0 Å². The number of nitrogens with zero attached hydrogens (tertiary/aromatic N) is 1. The maximum absolute atomic E-state index is 12.5. The summed E-state index contributed by atoms with van der Waals surface area (Å²) in [6, 6.07) is 13.3. The van der Waals surface area contributed by atoms with Crippen molar-refractivity contribution in [2.45, 2.75) is 24.7 Å². The number of anilines is 1. The van der Waals surface area contributed by atoms with Gasteiger partial charge in [-0.05, 0) is 56.2 Å². The summed E-state index contributed by atoms with van der Waals surface area (Å²) in [6.07, 6.45) is 2.06. The monoisotopic (exact) mass is 440 g/mol. The number of esters is 1. The fraction of sp³-hybridized carbons (Fsp3) is 0.304. The normalized spacial score (nSPS) is 13.0. The van der Waals surface area contributed by atoms with E-state index in [4.69, 9.17) is 4.74 Å². The SMILES string of the molecule is CC(=O)c1ccc(NC(=O)COC(=O)c2ccccc2SCC(=O)N2CCCC2)cc1. The number of carbonyl (C=O) groups is 4. The molecular formula is C23H24N2O5S. The van der Waals surface area contributed by atoms with Gasteiger partial charge in [-0.2, -0.15) is 0 Å². The van der Waals surface area contributed by atoms with Crippen LogP contribution in [0.5, 0.6) is 0 Å². The number of ether oxygens (including phenoxy) is 1. The van der Waals surface area contributed by atoms with Crippen LogP contribution in [0.4, 0.5) is 5.69 Å². The number of rotatable bonds is 8. The fourth-order valence-electron chi connectivity index (χ4n) is 3.15. The molecule has 0 spiro atoms. The Balaban J connectivity index is 1.52. The molecule has 7 nitrogen and oxygen atoms in total. The van der Waals surface area contributed by atoms with E-state index in [0.29, 0.717) is 21.7 Å². The maximum Gasteiger partial charge on any atom is 0.339 e. The van der Waals surface area contributed by atoms with Gasteiger partial charge in [0.1, 0.15) is 0 Å². The van der Waals surface area contributed by atoms with Crippen molar-refractivity contribution in [3.05, 3.63) is 59.7 Å². The molecule has 1 aliphatic rings. The predicted molar refractivity (Wildman–Crippen MR) is 118 cm³/mol. The fourth-order valence-corrected chi connectivity index (χ4v) is 4.10. The van der Waals surface area contributed by atoms with Crippen molar-refractivity contribution in [2.75, 3.05) is 30.8 Å². The predicted octanol–water partition coefficient (Wildman–Crippen LogP) is 3.40. The van der Waals surface area contributed by atoms with Crippen LogP contribution in [0.1, 0.15) is 40.5 Å². The quantitative estimate of drug-likeness (QED) is 0.384. The molecule has 2 aromatic carbocycles. The minimum absolute atomic E-state index is 0.0563. The highest BCUT2D eigenvalue weighted by molar-refractivity contribution is 8.00. The highest BCUT2D eigenvalue weighted by atomic mass is 32.2. The second-order valence-electron chi connectivity index (χ2n) is 7.13. The van der Waals surface area contributed by atoms with Gasteiger partial charge in [0, 0.05) is 29.2 Å². The average molecular weight is 441 g/mol. The third-order valence-corrected chi connectivity index (χ3v) is 5.88. The number of amides is 2. The molecule has 0 radical (unpaired) electrons. The van der Waals surface area contributed by atoms with Gasteiger partial charge in [-0.25, -0.2) is 4.79 Å². The molecule has 162 valence electrons. The van der Waals surface area contributed by atoms with Crippen molar-refractivity contribution in [3.63, 3.8) is 0 Å². The smallest absolute Gasteiger partial charge is 0.339 e. The first kappa shape index (κ1) is 22.6. The Bertz CT molecular complexity index is 968. The molecule has 1 fully saturated rings. The third kappa shape index (κ3) is 6.42. The van der Waals surface area contributed by atoms with Crippen LogP contribution in [-0.2, 0) is 14.3 Å². The van der Waals surface area contributed by atoms with E-state index >= 15 is 0 Å². The van der Waals surface area contributed by atoms with Gasteiger partial charge in [-0.1, -0.05) is 12.1 Å². The summed E-state index contributed by atoms with van der Waals surface area (Å²) < 4.78 is 5.16. The highest BCUT2D eigenvalue weighted by Gasteiger charge is 2.20. The zero-order valence-corrected chi connectivity index (χ0v) is 18.1. The van der Waals surface area contributed by atoms with Crippen LogP contribution in [0, 0.1) is 0 Å². The van der Waals surface area contributed by atoms with E-state index < -0.39 is 18.5 Å². The van der Waals surface area contributed by atoms with Crippen molar-refractivity contribution in [1.82, 2.24) is 4.90 Å². The molecule has 2 aromatic rings. The van der Waals surface area contributed by atoms with Crippen LogP contribution in [0.15, 0.2) is 53.4 Å². The summed E-state index contributed by atoms with van der Waals surface area (Å²) in [6.45, 7) is 2.59. The van der Waals surface area contributed by atoms with Crippen molar-refractivity contribution in [2.24, 2.45) is 0 Å². The minimum atomic E-state index is -0.626. The molecule has 3 rings (SSSR count). The summed E-state index contributed by atoms with van der Waals surface area (Å²) >= 11 is 1.29. The number of likely N-dealkylation sites (tertiary alicyclic amines) is 1. The zero-order chi connectivity index (χ0) is 22.2. The van der Waals surface area contributed by atoms with Gasteiger partial charge in [0.2, 0.25) is 5.91 Å². The third-order valence-electron chi connectivity index (χ3n) is 4.83. The highest BCUT2D eigenvalue weighted by Crippen LogP contribution is 2.24. The van der Waals surface area contributed by atoms with E-state index in [9.17, 15) is 19.2 Å². The summed E-state index contributed by atoms with van der Waals surface area (Å²) in [4.78, 5) is 50.6. The first-order valence-corrected chi connectivity index (χ1v) is 11.0. The molecule has 31 heavy (non-hydrogen) atoms. The molecule has 0 aliphatic carbocycles. The molecule has 0 unspecified atom stereocenters. The van der Waals surface area contributed by atoms with Gasteiger partial charge in [0.25, 0.3) is 5.91 Å². The summed E-state index contributed by atoms with van der Waals surface area (Å²) in [5.74, 6) is -0.871. The maximum atomic E-state index is 12.5. The molecule has 8 heteroatoms. The van der Waals surface area contributed by atoms with Gasteiger partial charge in [0.15, 0.2) is 12.4 Å². The molecule has 2 amide bonds. The molecule has 0 atom stereocenters. The van der Waals surface area contributed by atoms with Crippen LogP contribution in [0.2, 0.25) is 0 Å². The van der Waals surface area contributed by atoms with Crippen molar-refractivity contribution in [1.29, 1.82) is 0 Å². The number of hydrogen-bond donors (Lipinski definition) is 1. The van der Waals surface area contributed by atoms with Gasteiger partial charge in [-0.3, -0.25) is 14.4 Å². The molecule has 0 saturated carbocycles. The Labute approximate surface area is 185 Å². The minimum Gasteiger partial charge on any atom is -0.452 e. The number of nitrogens with one attached hydrogen (secondary N) is 1. The lowest BCUT2D eigenvalue weighted by Crippen LogP contribution is -2.29. The van der Waals surface area contributed by atoms with Crippen LogP contribution < -0.4 is 5.32 Å². The summed E-state index contributed by atoms with van der Waals surface area (Å²) in [5.41, 5.74) is 1.37. The van der Waals surface area contributed by atoms with Crippen LogP contribution >= 0.6 is 11.8 Å². The lowest BCUT2D eigenvalue weighted by molar-refractivity contribution is -0.127. The van der Waals surface area contributed by atoms with E-state index in [1.165, 1.54) is 18.7 Å². The van der Waals surface area contributed by atoms with E-state index in [-0.39, 0.29) is 17.4 Å². The van der Waals surface area contributed by atoms with Crippen LogP contribution in [-0.4, -0.2) is 53.9 Å². The Kier molecular flexibility index (Phi) is 7.83. The number of Topliss-reactive ketones (excluding diaryl/α,β-unsaturated/α-hetero) is 1. The molecule has 1 heterocycles. The molecule has 1 aliphatic heterocycles. The van der Waals surface area contributed by atoms with Crippen molar-refractivity contribution < 1.29 is 23.9 Å². The van der Waals surface area contributed by atoms with Crippen LogP contribution in [0.3, 0.4) is 0 Å². The van der Waals surface area contributed by atoms with Crippen molar-refractivity contribution in [3.8, 4) is 0 Å². The first-order valence-electron chi connectivity index (χ1n) is 10.0. The van der Waals surface area contributed by atoms with Gasteiger partial charge in [0.05, 0.1) is 11.3 Å². The number of ketones is 1. The van der Waals surface area contributed by atoms with Gasteiger partial charge >= 0.3 is 5.97 Å². The molecule has 0 bridgehead atoms. The molecule has 1 saturated heterocycles. The molecule has 1 N–H and O–H groups in total. The summed E-state index contributed by atoms with van der Waals surface area (Å²) in [7, 11) is 0. The Hall–Kier alpha value is -3.13. The second kappa shape index (κ2) is 10.8. The first-order chi connectivity index (χ1) is 14.9. The standard InChI is InChI=1S/C23H24N2O5S/c1-16(26)17-8-10-18(11-9-17)24-21(27)14-30-23(29)19-6-2-3-7-20(19)31-15-22(28)25-12-4-5-13-25/h2-3,6-11H,4-5,12-15H2,1H3,(H,24,27). The number of hydrogen-bond acceptors (Lipinski definition) is 6. The largest absolute Gasteiger partial charge is 0.452 e. The Morgan fingerprint density at radius 3 is 2.35 bits per heavy atom. The second-order valence-corrected chi connectivity index (χ2v) is 8.15. The lowest BCUT2D eigenvalue weighted by Gasteiger charge is -2.15. The molecule has 0 aromatic heterocycles. The van der Waals surface area contributed by atoms with E-state index in [1.807, 2.05) is 4.90 Å². The zero-order valence-electron chi connectivity index (χ0n) is 17.3. The number of carbonyl (C=O) groups excluding carboxylic acids is 4. The Morgan fingerprint density at radius 2 is 1.68 bits per heavy atom. The van der Waals surface area contributed by atoms with E-state index in [0.717, 1.165) is 25.9 Å². The molecular weight excluding hydrogens is 416 g/mol. The topological polar surface area (TPSA) is 92.8 Å². The van der Waals surface area contributed by atoms with E-state index in [1.54, 1.807) is 48.5 Å².